The van der Waals surface area contributed by atoms with Gasteiger partial charge in [-0.3, -0.25) is 0 Å². The summed E-state index contributed by atoms with van der Waals surface area (Å²) in [5.41, 5.74) is 7.53. The molecule has 0 fully saturated rings. The van der Waals surface area contributed by atoms with Gasteiger partial charge < -0.3 is 15.2 Å². The lowest BCUT2D eigenvalue weighted by atomic mass is 9.95. The predicted molar refractivity (Wildman–Crippen MR) is 88.6 cm³/mol. The summed E-state index contributed by atoms with van der Waals surface area (Å²) in [6.45, 7) is 6.63. The number of rotatable bonds is 4. The summed E-state index contributed by atoms with van der Waals surface area (Å²) in [5, 5.41) is 0. The van der Waals surface area contributed by atoms with Crippen molar-refractivity contribution in [2.45, 2.75) is 32.2 Å². The fourth-order valence-electron chi connectivity index (χ4n) is 2.16. The van der Waals surface area contributed by atoms with Crippen molar-refractivity contribution in [3.05, 3.63) is 45.6 Å². The van der Waals surface area contributed by atoms with Gasteiger partial charge in [-0.05, 0) is 35.7 Å². The molecule has 114 valence electrons. The van der Waals surface area contributed by atoms with Crippen molar-refractivity contribution >= 4 is 11.3 Å². The highest BCUT2D eigenvalue weighted by Gasteiger charge is 2.21. The van der Waals surface area contributed by atoms with E-state index in [4.69, 9.17) is 15.2 Å². The fraction of sp³-hybridized carbons (Fsp3) is 0.412. The molecule has 1 aromatic heterocycles. The maximum atomic E-state index is 6.45. The summed E-state index contributed by atoms with van der Waals surface area (Å²) in [5.74, 6) is 1.57. The van der Waals surface area contributed by atoms with Gasteiger partial charge in [-0.15, -0.1) is 11.3 Å². The molecule has 1 heterocycles. The second kappa shape index (κ2) is 6.08. The van der Waals surface area contributed by atoms with Crippen LogP contribution in [-0.2, 0) is 5.41 Å². The molecule has 0 radical (unpaired) electrons. The molecule has 0 spiro atoms. The summed E-state index contributed by atoms with van der Waals surface area (Å²) in [7, 11) is 3.31. The summed E-state index contributed by atoms with van der Waals surface area (Å²) >= 11 is 1.75. The van der Waals surface area contributed by atoms with Crippen LogP contribution in [0.1, 0.15) is 42.1 Å². The van der Waals surface area contributed by atoms with E-state index in [-0.39, 0.29) is 11.5 Å². The third kappa shape index (κ3) is 3.39. The number of benzene rings is 1. The minimum atomic E-state index is -0.212. The van der Waals surface area contributed by atoms with Crippen LogP contribution in [-0.4, -0.2) is 14.2 Å². The van der Waals surface area contributed by atoms with Gasteiger partial charge in [0.2, 0.25) is 0 Å². The first kappa shape index (κ1) is 15.9. The first-order chi connectivity index (χ1) is 9.86. The van der Waals surface area contributed by atoms with Gasteiger partial charge >= 0.3 is 0 Å². The zero-order valence-electron chi connectivity index (χ0n) is 13.3. The second-order valence-electron chi connectivity index (χ2n) is 6.04. The molecule has 1 aromatic carbocycles. The van der Waals surface area contributed by atoms with E-state index in [9.17, 15) is 0 Å². The van der Waals surface area contributed by atoms with E-state index in [1.165, 1.54) is 4.88 Å². The Morgan fingerprint density at radius 1 is 1.05 bits per heavy atom. The Kier molecular flexibility index (Phi) is 4.59. The lowest BCUT2D eigenvalue weighted by Crippen LogP contribution is -2.12. The average molecular weight is 305 g/mol. The van der Waals surface area contributed by atoms with Crippen LogP contribution < -0.4 is 15.2 Å². The molecule has 1 unspecified atom stereocenters. The Morgan fingerprint density at radius 2 is 1.76 bits per heavy atom. The normalized spacial score (nSPS) is 13.0. The van der Waals surface area contributed by atoms with Crippen molar-refractivity contribution in [1.82, 2.24) is 0 Å². The number of methoxy groups -OCH3 is 2. The Labute approximate surface area is 130 Å². The number of hydrogen-bond acceptors (Lipinski definition) is 4. The number of thiophene rings is 1. The van der Waals surface area contributed by atoms with E-state index in [2.05, 4.69) is 32.9 Å². The summed E-state index contributed by atoms with van der Waals surface area (Å²) in [4.78, 5) is 2.46. The van der Waals surface area contributed by atoms with Crippen LogP contribution in [0.2, 0.25) is 0 Å². The Morgan fingerprint density at radius 3 is 2.29 bits per heavy atom. The standard InChI is InChI=1S/C17H23NO2S/c1-17(2,3)15-9-8-14(21-15)16(18)12-10-11(19-4)6-7-13(12)20-5/h6-10,16H,18H2,1-5H3. The highest BCUT2D eigenvalue weighted by molar-refractivity contribution is 7.12. The molecule has 0 saturated carbocycles. The van der Waals surface area contributed by atoms with Gasteiger partial charge in [0.15, 0.2) is 0 Å². The van der Waals surface area contributed by atoms with Crippen molar-refractivity contribution in [2.24, 2.45) is 5.73 Å². The maximum Gasteiger partial charge on any atom is 0.124 e. The van der Waals surface area contributed by atoms with E-state index in [1.807, 2.05) is 18.2 Å². The van der Waals surface area contributed by atoms with Crippen LogP contribution in [0.4, 0.5) is 0 Å². The fourth-order valence-corrected chi connectivity index (χ4v) is 3.25. The van der Waals surface area contributed by atoms with Crippen LogP contribution >= 0.6 is 11.3 Å². The molecule has 3 nitrogen and oxygen atoms in total. The van der Waals surface area contributed by atoms with Crippen LogP contribution in [0.15, 0.2) is 30.3 Å². The van der Waals surface area contributed by atoms with Crippen LogP contribution in [0.3, 0.4) is 0 Å². The Balaban J connectivity index is 2.39. The van der Waals surface area contributed by atoms with E-state index >= 15 is 0 Å². The van der Waals surface area contributed by atoms with Gasteiger partial charge in [0, 0.05) is 15.3 Å². The van der Waals surface area contributed by atoms with Crippen molar-refractivity contribution in [3.63, 3.8) is 0 Å². The minimum absolute atomic E-state index is 0.140. The van der Waals surface area contributed by atoms with Crippen molar-refractivity contribution in [2.75, 3.05) is 14.2 Å². The Hall–Kier alpha value is -1.52. The van der Waals surface area contributed by atoms with Gasteiger partial charge in [-0.25, -0.2) is 0 Å². The molecule has 0 amide bonds. The third-order valence-electron chi connectivity index (χ3n) is 3.44. The summed E-state index contributed by atoms with van der Waals surface area (Å²) < 4.78 is 10.7. The van der Waals surface area contributed by atoms with E-state index in [0.29, 0.717) is 0 Å². The molecule has 0 bridgehead atoms. The topological polar surface area (TPSA) is 44.5 Å². The SMILES string of the molecule is COc1ccc(OC)c(C(N)c2ccc(C(C)(C)C)s2)c1. The van der Waals surface area contributed by atoms with E-state index in [0.717, 1.165) is 21.9 Å². The number of ether oxygens (including phenoxy) is 2. The van der Waals surface area contributed by atoms with Gasteiger partial charge in [0.25, 0.3) is 0 Å². The van der Waals surface area contributed by atoms with Gasteiger partial charge in [0.05, 0.1) is 20.3 Å². The first-order valence-corrected chi connectivity index (χ1v) is 7.76. The molecule has 4 heteroatoms. The zero-order valence-corrected chi connectivity index (χ0v) is 14.1. The Bertz CT molecular complexity index is 613. The predicted octanol–water partition coefficient (Wildman–Crippen LogP) is 4.11. The first-order valence-electron chi connectivity index (χ1n) is 6.94. The number of nitrogens with two attached hydrogens (primary N) is 1. The number of hydrogen-bond donors (Lipinski definition) is 1. The minimum Gasteiger partial charge on any atom is -0.497 e. The van der Waals surface area contributed by atoms with Gasteiger partial charge in [-0.2, -0.15) is 0 Å². The molecule has 1 atom stereocenters. The molecule has 0 saturated heterocycles. The molecular weight excluding hydrogens is 282 g/mol. The molecule has 2 N–H and O–H groups in total. The molecule has 0 aliphatic carbocycles. The molecular formula is C17H23NO2S. The monoisotopic (exact) mass is 305 g/mol. The molecule has 2 aromatic rings. The zero-order chi connectivity index (χ0) is 15.6. The smallest absolute Gasteiger partial charge is 0.124 e. The molecule has 0 aliphatic rings. The van der Waals surface area contributed by atoms with Crippen LogP contribution in [0, 0.1) is 0 Å². The van der Waals surface area contributed by atoms with E-state index in [1.54, 1.807) is 25.6 Å². The van der Waals surface area contributed by atoms with Crippen LogP contribution in [0.5, 0.6) is 11.5 Å². The molecule has 2 rings (SSSR count). The maximum absolute atomic E-state index is 6.45. The largest absolute Gasteiger partial charge is 0.497 e. The van der Waals surface area contributed by atoms with Crippen molar-refractivity contribution < 1.29 is 9.47 Å². The van der Waals surface area contributed by atoms with Gasteiger partial charge in [-0.1, -0.05) is 20.8 Å². The lowest BCUT2D eigenvalue weighted by molar-refractivity contribution is 0.397. The van der Waals surface area contributed by atoms with Crippen molar-refractivity contribution in [3.8, 4) is 11.5 Å². The molecule has 0 aliphatic heterocycles. The highest BCUT2D eigenvalue weighted by atomic mass is 32.1. The van der Waals surface area contributed by atoms with Crippen molar-refractivity contribution in [1.29, 1.82) is 0 Å². The third-order valence-corrected chi connectivity index (χ3v) is 5.04. The molecule has 21 heavy (non-hydrogen) atoms. The summed E-state index contributed by atoms with van der Waals surface area (Å²) in [6, 6.07) is 9.77. The average Bonchev–Trinajstić information content (AvgIpc) is 2.95. The quantitative estimate of drug-likeness (QED) is 0.924. The second-order valence-corrected chi connectivity index (χ2v) is 7.15. The van der Waals surface area contributed by atoms with E-state index < -0.39 is 0 Å². The lowest BCUT2D eigenvalue weighted by Gasteiger charge is -2.17. The highest BCUT2D eigenvalue weighted by Crippen LogP contribution is 2.37. The summed E-state index contributed by atoms with van der Waals surface area (Å²) in [6.07, 6.45) is 0. The van der Waals surface area contributed by atoms with Crippen LogP contribution in [0.25, 0.3) is 0 Å². The van der Waals surface area contributed by atoms with Gasteiger partial charge in [0.1, 0.15) is 11.5 Å².